The fraction of sp³-hybridized carbons (Fsp3) is 0.235. The number of carboxylic acid groups (broad SMARTS) is 1. The number of para-hydroxylation sites is 1. The number of aromatic carboxylic acids is 1. The second kappa shape index (κ2) is 7.18. The number of nitrogens with one attached hydrogen (secondary N) is 1. The molecule has 0 bridgehead atoms. The summed E-state index contributed by atoms with van der Waals surface area (Å²) in [6, 6.07) is 12.3. The first kappa shape index (κ1) is 16.2. The topological polar surface area (TPSA) is 58.6 Å². The van der Waals surface area contributed by atoms with Crippen LogP contribution >= 0.6 is 11.6 Å². The molecule has 0 aliphatic carbocycles. The molecule has 0 aliphatic rings. The van der Waals surface area contributed by atoms with Gasteiger partial charge in [0, 0.05) is 12.1 Å². The molecule has 0 fully saturated rings. The fourth-order valence-electron chi connectivity index (χ4n) is 2.00. The van der Waals surface area contributed by atoms with E-state index in [9.17, 15) is 4.79 Å². The number of ether oxygens (including phenoxy) is 1. The Balaban J connectivity index is 2.17. The quantitative estimate of drug-likeness (QED) is 0.826. The van der Waals surface area contributed by atoms with Gasteiger partial charge in [0.1, 0.15) is 5.75 Å². The highest BCUT2D eigenvalue weighted by molar-refractivity contribution is 6.33. The summed E-state index contributed by atoms with van der Waals surface area (Å²) < 4.78 is 5.76. The Kier molecular flexibility index (Phi) is 5.28. The van der Waals surface area contributed by atoms with Gasteiger partial charge in [0.2, 0.25) is 0 Å². The Morgan fingerprint density at radius 3 is 2.68 bits per heavy atom. The number of carbonyl (C=O) groups is 1. The Morgan fingerprint density at radius 2 is 2.00 bits per heavy atom. The summed E-state index contributed by atoms with van der Waals surface area (Å²) in [6.45, 7) is 4.43. The summed E-state index contributed by atoms with van der Waals surface area (Å²) in [5, 5.41) is 12.7. The first-order valence-corrected chi connectivity index (χ1v) is 7.36. The lowest BCUT2D eigenvalue weighted by Crippen LogP contribution is -2.09. The summed E-state index contributed by atoms with van der Waals surface area (Å²) in [5.41, 5.74) is 1.76. The summed E-state index contributed by atoms with van der Waals surface area (Å²) >= 11 is 6.10. The van der Waals surface area contributed by atoms with E-state index in [1.165, 1.54) is 12.1 Å². The molecule has 22 heavy (non-hydrogen) atoms. The molecular formula is C17H18ClNO3. The number of hydrogen-bond donors (Lipinski definition) is 2. The van der Waals surface area contributed by atoms with E-state index in [1.807, 2.05) is 38.1 Å². The maximum atomic E-state index is 11.0. The lowest BCUT2D eigenvalue weighted by atomic mass is 10.1. The van der Waals surface area contributed by atoms with Gasteiger partial charge >= 0.3 is 5.97 Å². The lowest BCUT2D eigenvalue weighted by Gasteiger charge is -2.15. The second-order valence-corrected chi connectivity index (χ2v) is 5.53. The average molecular weight is 320 g/mol. The first-order valence-electron chi connectivity index (χ1n) is 6.98. The van der Waals surface area contributed by atoms with Gasteiger partial charge in [-0.05, 0) is 38.1 Å². The maximum Gasteiger partial charge on any atom is 0.335 e. The van der Waals surface area contributed by atoms with Crippen molar-refractivity contribution in [2.24, 2.45) is 0 Å². The van der Waals surface area contributed by atoms with Gasteiger partial charge < -0.3 is 15.2 Å². The van der Waals surface area contributed by atoms with Gasteiger partial charge in [0.15, 0.2) is 0 Å². The third-order valence-electron chi connectivity index (χ3n) is 3.02. The van der Waals surface area contributed by atoms with E-state index in [4.69, 9.17) is 21.4 Å². The molecule has 2 aromatic carbocycles. The molecule has 0 spiro atoms. The lowest BCUT2D eigenvalue weighted by molar-refractivity contribution is 0.0697. The Labute approximate surface area is 134 Å². The molecule has 0 saturated carbocycles. The Bertz CT molecular complexity index is 671. The molecule has 0 heterocycles. The zero-order valence-electron chi connectivity index (χ0n) is 12.5. The van der Waals surface area contributed by atoms with Crippen molar-refractivity contribution < 1.29 is 14.6 Å². The SMILES string of the molecule is CC(C)Oc1ccccc1CNc1cc(C(=O)O)ccc1Cl. The zero-order chi connectivity index (χ0) is 16.1. The monoisotopic (exact) mass is 319 g/mol. The Hall–Kier alpha value is -2.20. The fourth-order valence-corrected chi connectivity index (χ4v) is 2.19. The van der Waals surface area contributed by atoms with E-state index in [0.29, 0.717) is 17.3 Å². The van der Waals surface area contributed by atoms with Crippen LogP contribution in [0.5, 0.6) is 5.75 Å². The van der Waals surface area contributed by atoms with Crippen LogP contribution in [0, 0.1) is 0 Å². The normalized spacial score (nSPS) is 10.5. The van der Waals surface area contributed by atoms with Crippen molar-refractivity contribution >= 4 is 23.3 Å². The number of halogens is 1. The molecule has 0 aromatic heterocycles. The third-order valence-corrected chi connectivity index (χ3v) is 3.35. The summed E-state index contributed by atoms with van der Waals surface area (Å²) in [5.74, 6) is -0.182. The second-order valence-electron chi connectivity index (χ2n) is 5.13. The highest BCUT2D eigenvalue weighted by atomic mass is 35.5. The minimum Gasteiger partial charge on any atom is -0.491 e. The van der Waals surface area contributed by atoms with Crippen LogP contribution in [0.15, 0.2) is 42.5 Å². The minimum atomic E-state index is -0.983. The number of anilines is 1. The van der Waals surface area contributed by atoms with Crippen molar-refractivity contribution in [1.29, 1.82) is 0 Å². The van der Waals surface area contributed by atoms with E-state index < -0.39 is 5.97 Å². The van der Waals surface area contributed by atoms with Crippen LogP contribution in [0.3, 0.4) is 0 Å². The van der Waals surface area contributed by atoms with Gasteiger partial charge in [0.25, 0.3) is 0 Å². The predicted octanol–water partition coefficient (Wildman–Crippen LogP) is 4.44. The summed E-state index contributed by atoms with van der Waals surface area (Å²) in [7, 11) is 0. The number of hydrogen-bond acceptors (Lipinski definition) is 3. The van der Waals surface area contributed by atoms with Gasteiger partial charge in [-0.15, -0.1) is 0 Å². The molecule has 0 amide bonds. The average Bonchev–Trinajstić information content (AvgIpc) is 2.47. The smallest absolute Gasteiger partial charge is 0.335 e. The van der Waals surface area contributed by atoms with Crippen molar-refractivity contribution in [1.82, 2.24) is 0 Å². The Morgan fingerprint density at radius 1 is 1.27 bits per heavy atom. The van der Waals surface area contributed by atoms with Crippen LogP contribution < -0.4 is 10.1 Å². The van der Waals surface area contributed by atoms with E-state index in [1.54, 1.807) is 6.07 Å². The third kappa shape index (κ3) is 4.15. The summed E-state index contributed by atoms with van der Waals surface area (Å²) in [6.07, 6.45) is 0.0834. The van der Waals surface area contributed by atoms with Gasteiger partial charge in [-0.25, -0.2) is 4.79 Å². The van der Waals surface area contributed by atoms with Crippen LogP contribution in [-0.2, 0) is 6.54 Å². The number of rotatable bonds is 6. The molecule has 2 aromatic rings. The van der Waals surface area contributed by atoms with E-state index in [-0.39, 0.29) is 11.7 Å². The predicted molar refractivity (Wildman–Crippen MR) is 87.9 cm³/mol. The molecule has 5 heteroatoms. The summed E-state index contributed by atoms with van der Waals surface area (Å²) in [4.78, 5) is 11.0. The standard InChI is InChI=1S/C17H18ClNO3/c1-11(2)22-16-6-4-3-5-13(16)10-19-15-9-12(17(20)21)7-8-14(15)18/h3-9,11,19H,10H2,1-2H3,(H,20,21). The van der Waals surface area contributed by atoms with Gasteiger partial charge in [-0.3, -0.25) is 0 Å². The zero-order valence-corrected chi connectivity index (χ0v) is 13.2. The molecule has 0 aliphatic heterocycles. The van der Waals surface area contributed by atoms with Crippen LogP contribution in [0.4, 0.5) is 5.69 Å². The number of carboxylic acids is 1. The van der Waals surface area contributed by atoms with Crippen LogP contribution in [0.1, 0.15) is 29.8 Å². The number of benzene rings is 2. The van der Waals surface area contributed by atoms with Crippen molar-refractivity contribution in [2.75, 3.05) is 5.32 Å². The maximum absolute atomic E-state index is 11.0. The molecule has 0 atom stereocenters. The van der Waals surface area contributed by atoms with Crippen molar-refractivity contribution in [2.45, 2.75) is 26.5 Å². The van der Waals surface area contributed by atoms with Gasteiger partial charge in [0.05, 0.1) is 22.4 Å². The molecule has 116 valence electrons. The molecule has 2 N–H and O–H groups in total. The highest BCUT2D eigenvalue weighted by Gasteiger charge is 2.09. The minimum absolute atomic E-state index is 0.0834. The molecule has 0 saturated heterocycles. The van der Waals surface area contributed by atoms with Gasteiger partial charge in [-0.1, -0.05) is 29.8 Å². The molecular weight excluding hydrogens is 302 g/mol. The molecule has 4 nitrogen and oxygen atoms in total. The first-order chi connectivity index (χ1) is 10.5. The van der Waals surface area contributed by atoms with Crippen molar-refractivity contribution in [3.05, 3.63) is 58.6 Å². The van der Waals surface area contributed by atoms with E-state index in [2.05, 4.69) is 5.32 Å². The largest absolute Gasteiger partial charge is 0.491 e. The van der Waals surface area contributed by atoms with Crippen LogP contribution in [-0.4, -0.2) is 17.2 Å². The molecule has 2 rings (SSSR count). The van der Waals surface area contributed by atoms with Crippen molar-refractivity contribution in [3.63, 3.8) is 0 Å². The van der Waals surface area contributed by atoms with E-state index in [0.717, 1.165) is 11.3 Å². The van der Waals surface area contributed by atoms with E-state index >= 15 is 0 Å². The van der Waals surface area contributed by atoms with Crippen molar-refractivity contribution in [3.8, 4) is 5.75 Å². The van der Waals surface area contributed by atoms with Gasteiger partial charge in [-0.2, -0.15) is 0 Å². The molecule has 0 radical (unpaired) electrons. The van der Waals surface area contributed by atoms with Crippen LogP contribution in [0.2, 0.25) is 5.02 Å². The highest BCUT2D eigenvalue weighted by Crippen LogP contribution is 2.26. The van der Waals surface area contributed by atoms with Crippen LogP contribution in [0.25, 0.3) is 0 Å². The molecule has 0 unspecified atom stereocenters.